The quantitative estimate of drug-likeness (QED) is 0.269. The molecule has 1 N–H and O–H groups in total. The van der Waals surface area contributed by atoms with Crippen LogP contribution in [-0.2, 0) is 11.3 Å². The first-order chi connectivity index (χ1) is 17.3. The highest BCUT2D eigenvalue weighted by molar-refractivity contribution is 7.99. The summed E-state index contributed by atoms with van der Waals surface area (Å²) in [4.78, 5) is 38.2. The van der Waals surface area contributed by atoms with Gasteiger partial charge in [-0.1, -0.05) is 30.0 Å². The molecule has 1 unspecified atom stereocenters. The predicted octanol–water partition coefficient (Wildman–Crippen LogP) is 4.53. The largest absolute Gasteiger partial charge is 0.328 e. The first kappa shape index (κ1) is 25.4. The van der Waals surface area contributed by atoms with Crippen molar-refractivity contribution < 1.29 is 14.5 Å². The predicted molar refractivity (Wildman–Crippen MR) is 137 cm³/mol. The van der Waals surface area contributed by atoms with E-state index in [0.29, 0.717) is 35.1 Å². The van der Waals surface area contributed by atoms with Crippen LogP contribution < -0.4 is 5.32 Å². The third-order valence-corrected chi connectivity index (χ3v) is 7.24. The second kappa shape index (κ2) is 10.9. The molecule has 1 atom stereocenters. The zero-order valence-electron chi connectivity index (χ0n) is 20.4. The first-order valence-electron chi connectivity index (χ1n) is 11.8. The van der Waals surface area contributed by atoms with Crippen LogP contribution >= 0.6 is 11.8 Å². The molecule has 1 aliphatic rings. The summed E-state index contributed by atoms with van der Waals surface area (Å²) in [7, 11) is 0. The second-order valence-corrected chi connectivity index (χ2v) is 9.59. The van der Waals surface area contributed by atoms with E-state index in [-0.39, 0.29) is 29.3 Å². The Balaban J connectivity index is 1.45. The van der Waals surface area contributed by atoms with Crippen molar-refractivity contribution in [1.82, 2.24) is 19.7 Å². The van der Waals surface area contributed by atoms with Gasteiger partial charge in [0, 0.05) is 36.5 Å². The molecule has 1 fully saturated rings. The Kier molecular flexibility index (Phi) is 7.68. The molecule has 1 aromatic heterocycles. The molecule has 0 saturated carbocycles. The Morgan fingerprint density at radius 2 is 1.94 bits per heavy atom. The first-order valence-corrected chi connectivity index (χ1v) is 12.8. The lowest BCUT2D eigenvalue weighted by Gasteiger charge is -2.25. The van der Waals surface area contributed by atoms with Crippen LogP contribution in [-0.4, -0.2) is 48.7 Å². The number of nitrogens with zero attached hydrogens (tertiary/aromatic N) is 5. The van der Waals surface area contributed by atoms with Gasteiger partial charge in [-0.15, -0.1) is 10.2 Å². The summed E-state index contributed by atoms with van der Waals surface area (Å²) in [5.41, 5.74) is 2.75. The minimum absolute atomic E-state index is 0.00620. The van der Waals surface area contributed by atoms with E-state index in [0.717, 1.165) is 24.2 Å². The fourth-order valence-electron chi connectivity index (χ4n) is 4.41. The van der Waals surface area contributed by atoms with Crippen molar-refractivity contribution in [2.45, 2.75) is 51.4 Å². The highest BCUT2D eigenvalue weighted by atomic mass is 32.2. The van der Waals surface area contributed by atoms with Crippen molar-refractivity contribution in [2.24, 2.45) is 0 Å². The molecule has 188 valence electrons. The maximum atomic E-state index is 13.3. The Morgan fingerprint density at radius 3 is 2.64 bits per heavy atom. The highest BCUT2D eigenvalue weighted by Gasteiger charge is 2.35. The number of nitrogens with one attached hydrogen (secondary N) is 1. The van der Waals surface area contributed by atoms with Gasteiger partial charge in [0.05, 0.1) is 16.7 Å². The molecular formula is C25H28N6O4S. The average Bonchev–Trinajstić information content (AvgIpc) is 3.50. The van der Waals surface area contributed by atoms with Crippen LogP contribution in [0.25, 0.3) is 0 Å². The minimum atomic E-state index is -0.469. The maximum Gasteiger partial charge on any atom is 0.269 e. The summed E-state index contributed by atoms with van der Waals surface area (Å²) < 4.78 is 1.96. The van der Waals surface area contributed by atoms with E-state index < -0.39 is 4.92 Å². The third-order valence-electron chi connectivity index (χ3n) is 6.28. The van der Waals surface area contributed by atoms with Gasteiger partial charge in [-0.05, 0) is 56.9 Å². The summed E-state index contributed by atoms with van der Waals surface area (Å²) in [6.45, 7) is 6.90. The number of carbonyl (C=O) groups excluding carboxylic acids is 2. The van der Waals surface area contributed by atoms with Crippen molar-refractivity contribution in [3.8, 4) is 0 Å². The Labute approximate surface area is 213 Å². The molecule has 0 spiro atoms. The molecule has 2 aromatic carbocycles. The number of benzene rings is 2. The van der Waals surface area contributed by atoms with Crippen molar-refractivity contribution >= 4 is 35.0 Å². The van der Waals surface area contributed by atoms with Crippen LogP contribution in [0.15, 0.2) is 47.6 Å². The number of amides is 2. The van der Waals surface area contributed by atoms with Gasteiger partial charge < -0.3 is 14.8 Å². The molecule has 2 amide bonds. The lowest BCUT2D eigenvalue weighted by molar-refractivity contribution is -0.384. The van der Waals surface area contributed by atoms with Gasteiger partial charge in [0.15, 0.2) is 11.0 Å². The normalized spacial score (nSPS) is 15.2. The SMILES string of the molecule is CCn1c(SCC(=O)Nc2ccc([N+](=O)[O-])cc2C)nnc1C1CCCN1C(=O)c1ccccc1C. The highest BCUT2D eigenvalue weighted by Crippen LogP contribution is 2.34. The smallest absolute Gasteiger partial charge is 0.269 e. The van der Waals surface area contributed by atoms with Gasteiger partial charge in [-0.3, -0.25) is 19.7 Å². The van der Waals surface area contributed by atoms with Crippen LogP contribution in [0.1, 0.15) is 53.1 Å². The molecule has 11 heteroatoms. The van der Waals surface area contributed by atoms with Gasteiger partial charge in [0.2, 0.25) is 5.91 Å². The van der Waals surface area contributed by atoms with Gasteiger partial charge in [0.1, 0.15) is 0 Å². The number of aromatic nitrogens is 3. The second-order valence-electron chi connectivity index (χ2n) is 8.65. The van der Waals surface area contributed by atoms with E-state index in [1.807, 2.05) is 47.6 Å². The zero-order valence-corrected chi connectivity index (χ0v) is 21.2. The van der Waals surface area contributed by atoms with Crippen LogP contribution in [0.4, 0.5) is 11.4 Å². The van der Waals surface area contributed by atoms with Crippen LogP contribution in [0.3, 0.4) is 0 Å². The molecule has 0 bridgehead atoms. The van der Waals surface area contributed by atoms with Crippen LogP contribution in [0, 0.1) is 24.0 Å². The monoisotopic (exact) mass is 508 g/mol. The number of hydrogen-bond acceptors (Lipinski definition) is 7. The molecular weight excluding hydrogens is 480 g/mol. The molecule has 1 aliphatic heterocycles. The molecule has 2 heterocycles. The number of likely N-dealkylation sites (tertiary alicyclic amines) is 1. The number of carbonyl (C=O) groups is 2. The van der Waals surface area contributed by atoms with Crippen molar-refractivity contribution in [3.05, 3.63) is 75.1 Å². The number of anilines is 1. The molecule has 1 saturated heterocycles. The lowest BCUT2D eigenvalue weighted by Crippen LogP contribution is -2.32. The summed E-state index contributed by atoms with van der Waals surface area (Å²) >= 11 is 1.27. The number of hydrogen-bond donors (Lipinski definition) is 1. The van der Waals surface area contributed by atoms with E-state index in [1.165, 1.54) is 30.0 Å². The summed E-state index contributed by atoms with van der Waals surface area (Å²) in [5, 5.41) is 23.1. The van der Waals surface area contributed by atoms with E-state index in [9.17, 15) is 19.7 Å². The number of rotatable bonds is 8. The van der Waals surface area contributed by atoms with Gasteiger partial charge >= 0.3 is 0 Å². The zero-order chi connectivity index (χ0) is 25.8. The van der Waals surface area contributed by atoms with E-state index in [4.69, 9.17) is 0 Å². The number of thioether (sulfide) groups is 1. The molecule has 4 rings (SSSR count). The van der Waals surface area contributed by atoms with E-state index >= 15 is 0 Å². The summed E-state index contributed by atoms with van der Waals surface area (Å²) in [6.07, 6.45) is 1.69. The Hall–Kier alpha value is -3.73. The summed E-state index contributed by atoms with van der Waals surface area (Å²) in [6, 6.07) is 11.7. The summed E-state index contributed by atoms with van der Waals surface area (Å²) in [5.74, 6) is 0.575. The van der Waals surface area contributed by atoms with Crippen LogP contribution in [0.5, 0.6) is 0 Å². The van der Waals surface area contributed by atoms with E-state index in [1.54, 1.807) is 6.92 Å². The van der Waals surface area contributed by atoms with Gasteiger partial charge in [-0.2, -0.15) is 0 Å². The maximum absolute atomic E-state index is 13.3. The molecule has 36 heavy (non-hydrogen) atoms. The van der Waals surface area contributed by atoms with Crippen molar-refractivity contribution in [3.63, 3.8) is 0 Å². The topological polar surface area (TPSA) is 123 Å². The van der Waals surface area contributed by atoms with E-state index in [2.05, 4.69) is 15.5 Å². The number of aryl methyl sites for hydroxylation is 2. The Morgan fingerprint density at radius 1 is 1.17 bits per heavy atom. The van der Waals surface area contributed by atoms with Crippen molar-refractivity contribution in [1.29, 1.82) is 0 Å². The lowest BCUT2D eigenvalue weighted by atomic mass is 10.1. The van der Waals surface area contributed by atoms with Crippen LogP contribution in [0.2, 0.25) is 0 Å². The number of nitro benzene ring substituents is 1. The fourth-order valence-corrected chi connectivity index (χ4v) is 5.22. The number of nitro groups is 1. The Bertz CT molecular complexity index is 1310. The average molecular weight is 509 g/mol. The minimum Gasteiger partial charge on any atom is -0.328 e. The van der Waals surface area contributed by atoms with Crippen molar-refractivity contribution in [2.75, 3.05) is 17.6 Å². The molecule has 3 aromatic rings. The molecule has 0 radical (unpaired) electrons. The molecule has 10 nitrogen and oxygen atoms in total. The third kappa shape index (κ3) is 5.25. The fraction of sp³-hybridized carbons (Fsp3) is 0.360. The van der Waals surface area contributed by atoms with Gasteiger partial charge in [-0.25, -0.2) is 0 Å². The number of non-ortho nitro benzene ring substituents is 1. The molecule has 0 aliphatic carbocycles. The standard InChI is InChI=1S/C25H28N6O4S/c1-4-29-23(21-10-7-13-30(21)24(33)19-9-6-5-8-16(19)2)27-28-25(29)36-15-22(32)26-20-12-11-18(31(34)35)14-17(20)3/h5-6,8-9,11-12,14,21H,4,7,10,13,15H2,1-3H3,(H,26,32). The van der Waals surface area contributed by atoms with Gasteiger partial charge in [0.25, 0.3) is 11.6 Å².